The van der Waals surface area contributed by atoms with E-state index in [-0.39, 0.29) is 10.8 Å². The summed E-state index contributed by atoms with van der Waals surface area (Å²) in [7, 11) is -3.62. The number of nitrogens with one attached hydrogen (secondary N) is 1. The molecule has 0 atom stereocenters. The second kappa shape index (κ2) is 9.52. The van der Waals surface area contributed by atoms with Crippen molar-refractivity contribution in [1.29, 1.82) is 0 Å². The molecule has 1 aliphatic rings. The van der Waals surface area contributed by atoms with Crippen molar-refractivity contribution in [3.8, 4) is 0 Å². The topological polar surface area (TPSA) is 69.7 Å². The molecule has 1 aliphatic heterocycles. The fourth-order valence-electron chi connectivity index (χ4n) is 3.32. The number of piperazine rings is 1. The van der Waals surface area contributed by atoms with Crippen LogP contribution >= 0.6 is 0 Å². The number of hydrogen-bond donors (Lipinski definition) is 1. The lowest BCUT2D eigenvalue weighted by molar-refractivity contribution is 0.0949. The van der Waals surface area contributed by atoms with Crippen molar-refractivity contribution < 1.29 is 13.2 Å². The van der Waals surface area contributed by atoms with E-state index in [1.165, 1.54) is 15.9 Å². The number of carbonyl (C=O) groups is 1. The van der Waals surface area contributed by atoms with Crippen LogP contribution in [-0.2, 0) is 16.6 Å². The van der Waals surface area contributed by atoms with Crippen molar-refractivity contribution >= 4 is 15.9 Å². The van der Waals surface area contributed by atoms with Gasteiger partial charge in [0.1, 0.15) is 0 Å². The van der Waals surface area contributed by atoms with E-state index >= 15 is 0 Å². The van der Waals surface area contributed by atoms with Gasteiger partial charge < -0.3 is 5.32 Å². The SMILES string of the molecule is CC(C)CNC(=O)c1cccc(S(=O)(=O)N2CCN(Cc3ccccc3)CC2)c1. The van der Waals surface area contributed by atoms with Crippen LogP contribution in [0.1, 0.15) is 29.8 Å². The van der Waals surface area contributed by atoms with Gasteiger partial charge in [-0.3, -0.25) is 9.69 Å². The van der Waals surface area contributed by atoms with Crippen molar-refractivity contribution in [2.45, 2.75) is 25.3 Å². The Morgan fingerprint density at radius 1 is 1.00 bits per heavy atom. The molecule has 1 amide bonds. The Hall–Kier alpha value is -2.22. The van der Waals surface area contributed by atoms with Crippen molar-refractivity contribution in [1.82, 2.24) is 14.5 Å². The summed E-state index contributed by atoms with van der Waals surface area (Å²) in [6.45, 7) is 7.65. The van der Waals surface area contributed by atoms with E-state index in [0.717, 1.165) is 6.54 Å². The Bertz CT molecular complexity index is 921. The molecule has 7 heteroatoms. The number of sulfonamides is 1. The fraction of sp³-hybridized carbons (Fsp3) is 0.409. The van der Waals surface area contributed by atoms with E-state index in [4.69, 9.17) is 0 Å². The lowest BCUT2D eigenvalue weighted by atomic mass is 10.2. The summed E-state index contributed by atoms with van der Waals surface area (Å²) in [5.74, 6) is 0.0847. The zero-order chi connectivity index (χ0) is 20.9. The predicted octanol–water partition coefficient (Wildman–Crippen LogP) is 2.58. The molecular formula is C22H29N3O3S. The van der Waals surface area contributed by atoms with Gasteiger partial charge in [-0.2, -0.15) is 4.31 Å². The lowest BCUT2D eigenvalue weighted by Crippen LogP contribution is -2.48. The van der Waals surface area contributed by atoms with Gasteiger partial charge in [0.25, 0.3) is 5.91 Å². The molecule has 2 aromatic rings. The second-order valence-corrected chi connectivity index (χ2v) is 9.74. The predicted molar refractivity (Wildman–Crippen MR) is 114 cm³/mol. The van der Waals surface area contributed by atoms with Gasteiger partial charge in [0.2, 0.25) is 10.0 Å². The summed E-state index contributed by atoms with van der Waals surface area (Å²) in [5, 5.41) is 2.83. The maximum atomic E-state index is 13.1. The number of nitrogens with zero attached hydrogens (tertiary/aromatic N) is 2. The van der Waals surface area contributed by atoms with Gasteiger partial charge >= 0.3 is 0 Å². The molecule has 0 spiro atoms. The minimum Gasteiger partial charge on any atom is -0.352 e. The third-order valence-corrected chi connectivity index (χ3v) is 6.88. The number of carbonyl (C=O) groups excluding carboxylic acids is 1. The number of benzene rings is 2. The molecule has 1 N–H and O–H groups in total. The van der Waals surface area contributed by atoms with Crippen LogP contribution in [0.3, 0.4) is 0 Å². The summed E-state index contributed by atoms with van der Waals surface area (Å²) in [6, 6.07) is 16.5. The molecule has 0 aromatic heterocycles. The first-order chi connectivity index (χ1) is 13.9. The maximum Gasteiger partial charge on any atom is 0.251 e. The molecule has 29 heavy (non-hydrogen) atoms. The van der Waals surface area contributed by atoms with Crippen LogP contribution in [-0.4, -0.2) is 56.3 Å². The van der Waals surface area contributed by atoms with Crippen molar-refractivity contribution in [3.63, 3.8) is 0 Å². The average molecular weight is 416 g/mol. The van der Waals surface area contributed by atoms with Crippen molar-refractivity contribution in [2.75, 3.05) is 32.7 Å². The van der Waals surface area contributed by atoms with Crippen LogP contribution in [0, 0.1) is 5.92 Å². The highest BCUT2D eigenvalue weighted by atomic mass is 32.2. The van der Waals surface area contributed by atoms with Crippen molar-refractivity contribution in [3.05, 3.63) is 65.7 Å². The minimum absolute atomic E-state index is 0.172. The Balaban J connectivity index is 1.64. The molecular weight excluding hydrogens is 386 g/mol. The molecule has 1 saturated heterocycles. The summed E-state index contributed by atoms with van der Waals surface area (Å²) < 4.78 is 27.7. The monoisotopic (exact) mass is 415 g/mol. The third kappa shape index (κ3) is 5.65. The number of hydrogen-bond acceptors (Lipinski definition) is 4. The highest BCUT2D eigenvalue weighted by molar-refractivity contribution is 7.89. The Morgan fingerprint density at radius 3 is 2.34 bits per heavy atom. The van der Waals surface area contributed by atoms with E-state index in [9.17, 15) is 13.2 Å². The van der Waals surface area contributed by atoms with E-state index < -0.39 is 10.0 Å². The molecule has 0 unspecified atom stereocenters. The summed E-state index contributed by atoms with van der Waals surface area (Å²) in [5.41, 5.74) is 1.60. The molecule has 0 radical (unpaired) electrons. The maximum absolute atomic E-state index is 13.1. The van der Waals surface area contributed by atoms with Gasteiger partial charge in [0, 0.05) is 44.8 Å². The molecule has 3 rings (SSSR count). The van der Waals surface area contributed by atoms with E-state index in [1.54, 1.807) is 18.2 Å². The largest absolute Gasteiger partial charge is 0.352 e. The van der Waals surface area contributed by atoms with Crippen LogP contribution in [0.25, 0.3) is 0 Å². The number of amides is 1. The highest BCUT2D eigenvalue weighted by Crippen LogP contribution is 2.20. The Labute approximate surface area is 173 Å². The molecule has 2 aromatic carbocycles. The molecule has 156 valence electrons. The number of rotatable bonds is 7. The first-order valence-electron chi connectivity index (χ1n) is 10.0. The first-order valence-corrected chi connectivity index (χ1v) is 11.4. The molecule has 0 bridgehead atoms. The quantitative estimate of drug-likeness (QED) is 0.755. The highest BCUT2D eigenvalue weighted by Gasteiger charge is 2.29. The zero-order valence-corrected chi connectivity index (χ0v) is 17.9. The van der Waals surface area contributed by atoms with Gasteiger partial charge in [-0.25, -0.2) is 8.42 Å². The summed E-state index contributed by atoms with van der Waals surface area (Å²) >= 11 is 0. The van der Waals surface area contributed by atoms with Crippen LogP contribution in [0.2, 0.25) is 0 Å². The fourth-order valence-corrected chi connectivity index (χ4v) is 4.78. The average Bonchev–Trinajstić information content (AvgIpc) is 2.73. The summed E-state index contributed by atoms with van der Waals surface area (Å²) in [4.78, 5) is 14.7. The van der Waals surface area contributed by atoms with Crippen LogP contribution < -0.4 is 5.32 Å². The van der Waals surface area contributed by atoms with Crippen molar-refractivity contribution in [2.24, 2.45) is 5.92 Å². The molecule has 0 saturated carbocycles. The Kier molecular flexibility index (Phi) is 7.05. The minimum atomic E-state index is -3.62. The Morgan fingerprint density at radius 2 is 1.69 bits per heavy atom. The van der Waals surface area contributed by atoms with Crippen LogP contribution in [0.15, 0.2) is 59.5 Å². The molecule has 6 nitrogen and oxygen atoms in total. The van der Waals surface area contributed by atoms with Gasteiger partial charge in [-0.15, -0.1) is 0 Å². The van der Waals surface area contributed by atoms with Gasteiger partial charge in [0.15, 0.2) is 0 Å². The van der Waals surface area contributed by atoms with Gasteiger partial charge in [0.05, 0.1) is 4.90 Å². The van der Waals surface area contributed by atoms with E-state index in [2.05, 4.69) is 22.3 Å². The van der Waals surface area contributed by atoms with Crippen LogP contribution in [0.5, 0.6) is 0 Å². The van der Waals surface area contributed by atoms with E-state index in [1.807, 2.05) is 32.0 Å². The standard InChI is InChI=1S/C22H29N3O3S/c1-18(2)16-23-22(26)20-9-6-10-21(15-20)29(27,28)25-13-11-24(12-14-25)17-19-7-4-3-5-8-19/h3-10,15,18H,11-14,16-17H2,1-2H3,(H,23,26). The zero-order valence-electron chi connectivity index (χ0n) is 17.0. The van der Waals surface area contributed by atoms with E-state index in [0.29, 0.717) is 44.2 Å². The first kappa shape index (κ1) is 21.5. The molecule has 1 fully saturated rings. The second-order valence-electron chi connectivity index (χ2n) is 7.80. The van der Waals surface area contributed by atoms with Gasteiger partial charge in [-0.1, -0.05) is 50.2 Å². The molecule has 0 aliphatic carbocycles. The smallest absolute Gasteiger partial charge is 0.251 e. The van der Waals surface area contributed by atoms with Crippen LogP contribution in [0.4, 0.5) is 0 Å². The lowest BCUT2D eigenvalue weighted by Gasteiger charge is -2.34. The molecule has 1 heterocycles. The van der Waals surface area contributed by atoms with Gasteiger partial charge in [-0.05, 0) is 29.7 Å². The normalized spacial score (nSPS) is 16.1. The third-order valence-electron chi connectivity index (χ3n) is 4.99. The summed E-state index contributed by atoms with van der Waals surface area (Å²) in [6.07, 6.45) is 0.